The Morgan fingerprint density at radius 3 is 2.71 bits per heavy atom. The third-order valence-electron chi connectivity index (χ3n) is 4.32. The van der Waals surface area contributed by atoms with Crippen LogP contribution in [0.5, 0.6) is 11.5 Å². The third-order valence-corrected chi connectivity index (χ3v) is 4.32. The first-order valence-corrected chi connectivity index (χ1v) is 6.92. The number of fused-ring (bicyclic) bond motifs is 2. The van der Waals surface area contributed by atoms with Gasteiger partial charge in [-0.3, -0.25) is 4.79 Å². The molecule has 0 aromatic heterocycles. The second kappa shape index (κ2) is 4.25. The number of hydrogen-bond acceptors (Lipinski definition) is 3. The van der Waals surface area contributed by atoms with E-state index in [2.05, 4.69) is 17.4 Å². The molecule has 4 heteroatoms. The van der Waals surface area contributed by atoms with E-state index in [4.69, 9.17) is 9.47 Å². The molecule has 1 aliphatic heterocycles. The van der Waals surface area contributed by atoms with Crippen molar-refractivity contribution in [2.75, 3.05) is 14.2 Å². The lowest BCUT2D eigenvalue weighted by molar-refractivity contribution is 0.0953. The SMILES string of the molecule is COc1cc2c3c(c1OC)C(=O)NC3Cc1ccccc1-2. The van der Waals surface area contributed by atoms with Crippen molar-refractivity contribution < 1.29 is 14.3 Å². The standard InChI is InChI=1S/C17H15NO3/c1-20-13-8-11-10-6-4-3-5-9(10)7-12-14(11)15(16(13)21-2)17(19)18-12/h3-6,8,12H,7H2,1-2H3,(H,18,19). The van der Waals surface area contributed by atoms with E-state index in [1.165, 1.54) is 11.1 Å². The fraction of sp³-hybridized carbons (Fsp3) is 0.235. The van der Waals surface area contributed by atoms with Crippen molar-refractivity contribution in [3.05, 3.63) is 47.0 Å². The Kier molecular flexibility index (Phi) is 2.48. The summed E-state index contributed by atoms with van der Waals surface area (Å²) in [7, 11) is 3.16. The van der Waals surface area contributed by atoms with Crippen LogP contribution in [0.3, 0.4) is 0 Å². The maximum Gasteiger partial charge on any atom is 0.256 e. The van der Waals surface area contributed by atoms with E-state index in [0.29, 0.717) is 17.1 Å². The molecule has 1 aliphatic carbocycles. The number of methoxy groups -OCH3 is 2. The van der Waals surface area contributed by atoms with Crippen LogP contribution < -0.4 is 14.8 Å². The van der Waals surface area contributed by atoms with Gasteiger partial charge in [-0.25, -0.2) is 0 Å². The minimum atomic E-state index is -0.0835. The van der Waals surface area contributed by atoms with Crippen LogP contribution in [0, 0.1) is 0 Å². The first kappa shape index (κ1) is 12.3. The average molecular weight is 281 g/mol. The molecule has 4 rings (SSSR count). The van der Waals surface area contributed by atoms with Crippen molar-refractivity contribution in [3.8, 4) is 22.6 Å². The third kappa shape index (κ3) is 1.53. The largest absolute Gasteiger partial charge is 0.493 e. The zero-order valence-corrected chi connectivity index (χ0v) is 11.9. The molecular formula is C17H15NO3. The van der Waals surface area contributed by atoms with Gasteiger partial charge in [-0.2, -0.15) is 0 Å². The fourth-order valence-corrected chi connectivity index (χ4v) is 3.46. The van der Waals surface area contributed by atoms with Crippen LogP contribution in [0.25, 0.3) is 11.1 Å². The van der Waals surface area contributed by atoms with Crippen molar-refractivity contribution >= 4 is 5.91 Å². The van der Waals surface area contributed by atoms with E-state index in [1.807, 2.05) is 18.2 Å². The van der Waals surface area contributed by atoms with Gasteiger partial charge in [0.2, 0.25) is 0 Å². The molecule has 2 aliphatic rings. The summed E-state index contributed by atoms with van der Waals surface area (Å²) in [5.41, 5.74) is 5.13. The minimum Gasteiger partial charge on any atom is -0.493 e. The molecular weight excluding hydrogens is 266 g/mol. The maximum atomic E-state index is 12.4. The number of hydrogen-bond donors (Lipinski definition) is 1. The van der Waals surface area contributed by atoms with Crippen molar-refractivity contribution in [3.63, 3.8) is 0 Å². The van der Waals surface area contributed by atoms with Gasteiger partial charge in [0.05, 0.1) is 25.8 Å². The van der Waals surface area contributed by atoms with Crippen molar-refractivity contribution in [1.29, 1.82) is 0 Å². The summed E-state index contributed by atoms with van der Waals surface area (Å²) in [5.74, 6) is 1.04. The molecule has 1 amide bonds. The van der Waals surface area contributed by atoms with Crippen LogP contribution in [0.2, 0.25) is 0 Å². The van der Waals surface area contributed by atoms with Crippen molar-refractivity contribution in [2.45, 2.75) is 12.5 Å². The van der Waals surface area contributed by atoms with Crippen molar-refractivity contribution in [1.82, 2.24) is 5.32 Å². The lowest BCUT2D eigenvalue weighted by Gasteiger charge is -2.25. The summed E-state index contributed by atoms with van der Waals surface area (Å²) >= 11 is 0. The minimum absolute atomic E-state index is 0.0252. The number of ether oxygens (including phenoxy) is 2. The topological polar surface area (TPSA) is 47.6 Å². The first-order chi connectivity index (χ1) is 10.2. The van der Waals surface area contributed by atoms with E-state index < -0.39 is 0 Å². The second-order valence-electron chi connectivity index (χ2n) is 5.34. The van der Waals surface area contributed by atoms with Crippen molar-refractivity contribution in [2.24, 2.45) is 0 Å². The quantitative estimate of drug-likeness (QED) is 0.920. The van der Waals surface area contributed by atoms with Crippen LogP contribution in [0.15, 0.2) is 30.3 Å². The second-order valence-corrected chi connectivity index (χ2v) is 5.34. The van der Waals surface area contributed by atoms with E-state index in [-0.39, 0.29) is 11.9 Å². The number of nitrogens with one attached hydrogen (secondary N) is 1. The predicted molar refractivity (Wildman–Crippen MR) is 78.9 cm³/mol. The molecule has 0 saturated heterocycles. The Hall–Kier alpha value is -2.49. The molecule has 0 fully saturated rings. The zero-order valence-electron chi connectivity index (χ0n) is 11.9. The maximum absolute atomic E-state index is 12.4. The number of rotatable bonds is 2. The normalized spacial score (nSPS) is 17.8. The lowest BCUT2D eigenvalue weighted by Crippen LogP contribution is -2.22. The highest BCUT2D eigenvalue weighted by atomic mass is 16.5. The molecule has 1 unspecified atom stereocenters. The Labute approximate surface area is 122 Å². The van der Waals surface area contributed by atoms with Gasteiger partial charge in [0.15, 0.2) is 11.5 Å². The Morgan fingerprint density at radius 1 is 1.14 bits per heavy atom. The van der Waals surface area contributed by atoms with E-state index >= 15 is 0 Å². The monoisotopic (exact) mass is 281 g/mol. The van der Waals surface area contributed by atoms with Crippen LogP contribution >= 0.6 is 0 Å². The molecule has 21 heavy (non-hydrogen) atoms. The molecule has 0 saturated carbocycles. The summed E-state index contributed by atoms with van der Waals surface area (Å²) < 4.78 is 10.8. The number of amides is 1. The summed E-state index contributed by atoms with van der Waals surface area (Å²) in [4.78, 5) is 12.4. The van der Waals surface area contributed by atoms with Crippen LogP contribution in [0.1, 0.15) is 27.5 Å². The van der Waals surface area contributed by atoms with Gasteiger partial charge in [0, 0.05) is 0 Å². The van der Waals surface area contributed by atoms with Gasteiger partial charge < -0.3 is 14.8 Å². The Morgan fingerprint density at radius 2 is 1.95 bits per heavy atom. The first-order valence-electron chi connectivity index (χ1n) is 6.92. The molecule has 0 bridgehead atoms. The molecule has 106 valence electrons. The van der Waals surface area contributed by atoms with Gasteiger partial charge >= 0.3 is 0 Å². The van der Waals surface area contributed by atoms with E-state index in [0.717, 1.165) is 17.5 Å². The van der Waals surface area contributed by atoms with Gasteiger partial charge in [-0.1, -0.05) is 24.3 Å². The van der Waals surface area contributed by atoms with Crippen LogP contribution in [0.4, 0.5) is 0 Å². The van der Waals surface area contributed by atoms with Gasteiger partial charge in [0.25, 0.3) is 5.91 Å². The van der Waals surface area contributed by atoms with Crippen LogP contribution in [-0.4, -0.2) is 20.1 Å². The smallest absolute Gasteiger partial charge is 0.256 e. The highest BCUT2D eigenvalue weighted by molar-refractivity contribution is 6.05. The molecule has 0 radical (unpaired) electrons. The molecule has 1 atom stereocenters. The fourth-order valence-electron chi connectivity index (χ4n) is 3.46. The molecule has 2 aromatic rings. The summed E-state index contributed by atoms with van der Waals surface area (Å²) in [6.07, 6.45) is 0.817. The summed E-state index contributed by atoms with van der Waals surface area (Å²) in [5, 5.41) is 3.05. The molecule has 2 aromatic carbocycles. The van der Waals surface area contributed by atoms with E-state index in [1.54, 1.807) is 14.2 Å². The summed E-state index contributed by atoms with van der Waals surface area (Å²) in [6.45, 7) is 0. The highest BCUT2D eigenvalue weighted by Crippen LogP contribution is 2.49. The van der Waals surface area contributed by atoms with E-state index in [9.17, 15) is 4.79 Å². The highest BCUT2D eigenvalue weighted by Gasteiger charge is 2.39. The Bertz CT molecular complexity index is 767. The lowest BCUT2D eigenvalue weighted by atomic mass is 9.82. The van der Waals surface area contributed by atoms with Crippen LogP contribution in [-0.2, 0) is 6.42 Å². The Balaban J connectivity index is 2.09. The zero-order chi connectivity index (χ0) is 14.6. The molecule has 4 nitrogen and oxygen atoms in total. The van der Waals surface area contributed by atoms with Gasteiger partial charge in [-0.15, -0.1) is 0 Å². The molecule has 1 N–H and O–H groups in total. The number of carbonyl (C=O) groups is 1. The molecule has 0 spiro atoms. The van der Waals surface area contributed by atoms with Gasteiger partial charge in [0.1, 0.15) is 0 Å². The molecule has 1 heterocycles. The predicted octanol–water partition coefficient (Wildman–Crippen LogP) is 2.71. The average Bonchev–Trinajstić information content (AvgIpc) is 2.84. The number of benzene rings is 2. The summed E-state index contributed by atoms with van der Waals surface area (Å²) in [6, 6.07) is 10.3. The van der Waals surface area contributed by atoms with Gasteiger partial charge in [-0.05, 0) is 34.7 Å². The number of carbonyl (C=O) groups excluding carboxylic acids is 1.